The van der Waals surface area contributed by atoms with Crippen LogP contribution < -0.4 is 0 Å². The molecule has 1 atom stereocenters. The number of halogens is 7. The van der Waals surface area contributed by atoms with Gasteiger partial charge in [-0.1, -0.05) is 83.9 Å². The summed E-state index contributed by atoms with van der Waals surface area (Å²) in [4.78, 5) is 18.1. The summed E-state index contributed by atoms with van der Waals surface area (Å²) in [6, 6.07) is 8.41. The van der Waals surface area contributed by atoms with Gasteiger partial charge in [0.15, 0.2) is 0 Å². The van der Waals surface area contributed by atoms with E-state index in [4.69, 9.17) is 39.6 Å². The molecule has 5 nitrogen and oxygen atoms in total. The number of carbonyl (C=O) groups is 1. The molecule has 1 amide bonds. The maximum Gasteiger partial charge on any atom is 0.435 e. The molecule has 13 heteroatoms. The fraction of sp³-hybridized carbons (Fsp3) is 0.462. The number of oxime groups is 1. The summed E-state index contributed by atoms with van der Waals surface area (Å²) >= 11 is 17.9. The van der Waals surface area contributed by atoms with E-state index in [2.05, 4.69) is 24.8 Å². The van der Waals surface area contributed by atoms with Crippen LogP contribution >= 0.6 is 34.8 Å². The summed E-state index contributed by atoms with van der Waals surface area (Å²) in [5.41, 5.74) is -4.21. The van der Waals surface area contributed by atoms with Crippen LogP contribution in [-0.4, -0.2) is 48.6 Å². The second kappa shape index (κ2) is 10.4. The quantitative estimate of drug-likeness (QED) is 0.190. The van der Waals surface area contributed by atoms with Crippen molar-refractivity contribution in [3.05, 3.63) is 68.2 Å². The smallest absolute Gasteiger partial charge is 0.435 e. The fourth-order valence-corrected chi connectivity index (χ4v) is 6.35. The first kappa shape index (κ1) is 30.0. The van der Waals surface area contributed by atoms with Gasteiger partial charge in [-0.15, -0.1) is 0 Å². The van der Waals surface area contributed by atoms with Gasteiger partial charge in [-0.25, -0.2) is 9.18 Å². The first-order valence-corrected chi connectivity index (χ1v) is 17.1. The zero-order valence-corrected chi connectivity index (χ0v) is 24.6. The SMILES string of the molecule is C[Si](C)(C)CCN(C(=O)O)C1CC(F)(c2ccc(C3=NOC(c4cc(Cl)c(Cl)c(Cl)c4)(C(F)(F)F)C3)cc2)C1. The fourth-order valence-electron chi connectivity index (χ4n) is 4.84. The standard InChI is InChI=1S/C26H27Cl3F4N2O3Si/c1-39(2,3)9-8-35(23(36)37)18-12-24(30,13-18)16-6-4-15(5-7-16)21-14-25(38-34-21,26(31,32)33)17-10-19(27)22(29)20(28)11-17/h4-7,10-11,18H,8-9,12-14H2,1-3H3,(H,36,37). The average molecular weight is 626 g/mol. The molecule has 0 radical (unpaired) electrons. The van der Waals surface area contributed by atoms with Gasteiger partial charge in [-0.2, -0.15) is 13.2 Å². The number of amides is 1. The third-order valence-electron chi connectivity index (χ3n) is 7.28. The van der Waals surface area contributed by atoms with E-state index in [1.54, 1.807) is 0 Å². The van der Waals surface area contributed by atoms with Crippen LogP contribution in [0.4, 0.5) is 22.4 Å². The van der Waals surface area contributed by atoms with Crippen molar-refractivity contribution in [3.8, 4) is 0 Å². The molecule has 1 aliphatic heterocycles. The maximum atomic E-state index is 15.7. The van der Waals surface area contributed by atoms with Crippen molar-refractivity contribution in [2.75, 3.05) is 6.54 Å². The lowest BCUT2D eigenvalue weighted by Crippen LogP contribution is -2.53. The molecule has 2 aromatic carbocycles. The monoisotopic (exact) mass is 624 g/mol. The predicted octanol–water partition coefficient (Wildman–Crippen LogP) is 8.87. The Bertz CT molecular complexity index is 1270. The molecule has 212 valence electrons. The van der Waals surface area contributed by atoms with Crippen LogP contribution in [-0.2, 0) is 16.1 Å². The Morgan fingerprint density at radius 2 is 1.67 bits per heavy atom. The number of nitrogens with zero attached hydrogens (tertiary/aromatic N) is 2. The summed E-state index contributed by atoms with van der Waals surface area (Å²) < 4.78 is 58.5. The van der Waals surface area contributed by atoms with E-state index in [-0.39, 0.29) is 39.2 Å². The summed E-state index contributed by atoms with van der Waals surface area (Å²) in [5, 5.41) is 13.0. The molecule has 1 saturated carbocycles. The van der Waals surface area contributed by atoms with Crippen molar-refractivity contribution in [2.24, 2.45) is 5.16 Å². The van der Waals surface area contributed by atoms with Gasteiger partial charge in [0.2, 0.25) is 0 Å². The molecule has 2 aliphatic rings. The van der Waals surface area contributed by atoms with Crippen LogP contribution in [0.25, 0.3) is 0 Å². The Balaban J connectivity index is 1.49. The molecule has 4 rings (SSSR count). The van der Waals surface area contributed by atoms with Gasteiger partial charge in [-0.3, -0.25) is 0 Å². The lowest BCUT2D eigenvalue weighted by Gasteiger charge is -2.46. The van der Waals surface area contributed by atoms with Gasteiger partial charge in [0, 0.05) is 45.5 Å². The second-order valence-electron chi connectivity index (χ2n) is 11.3. The first-order chi connectivity index (χ1) is 18.0. The van der Waals surface area contributed by atoms with E-state index in [0.29, 0.717) is 17.7 Å². The lowest BCUT2D eigenvalue weighted by molar-refractivity contribution is -0.275. The van der Waals surface area contributed by atoms with Gasteiger partial charge >= 0.3 is 12.3 Å². The Kier molecular flexibility index (Phi) is 8.01. The van der Waals surface area contributed by atoms with Gasteiger partial charge in [0.05, 0.1) is 20.8 Å². The number of hydrogen-bond donors (Lipinski definition) is 1. The molecule has 1 N–H and O–H groups in total. The zero-order valence-electron chi connectivity index (χ0n) is 21.4. The van der Waals surface area contributed by atoms with E-state index in [1.807, 2.05) is 0 Å². The first-order valence-electron chi connectivity index (χ1n) is 12.2. The average Bonchev–Trinajstić information content (AvgIpc) is 3.27. The van der Waals surface area contributed by atoms with E-state index < -0.39 is 44.1 Å². The number of alkyl halides is 4. The number of carboxylic acid groups (broad SMARTS) is 1. The van der Waals surface area contributed by atoms with Crippen molar-refractivity contribution in [1.29, 1.82) is 0 Å². The largest absolute Gasteiger partial charge is 0.465 e. The molecule has 1 fully saturated rings. The van der Waals surface area contributed by atoms with Crippen LogP contribution in [0, 0.1) is 0 Å². The molecular formula is C26H27Cl3F4N2O3Si. The van der Waals surface area contributed by atoms with Gasteiger partial charge in [-0.05, 0) is 29.3 Å². The number of rotatable bonds is 7. The van der Waals surface area contributed by atoms with E-state index in [0.717, 1.165) is 18.2 Å². The van der Waals surface area contributed by atoms with Gasteiger partial charge in [0.1, 0.15) is 5.67 Å². The molecule has 0 bridgehead atoms. The molecule has 39 heavy (non-hydrogen) atoms. The summed E-state index contributed by atoms with van der Waals surface area (Å²) in [6.07, 6.45) is -6.55. The minimum absolute atomic E-state index is 0.0175. The minimum Gasteiger partial charge on any atom is -0.465 e. The van der Waals surface area contributed by atoms with Crippen LogP contribution in [0.2, 0.25) is 40.8 Å². The second-order valence-corrected chi connectivity index (χ2v) is 18.1. The molecule has 1 heterocycles. The molecule has 0 saturated heterocycles. The highest BCUT2D eigenvalue weighted by Crippen LogP contribution is 2.51. The van der Waals surface area contributed by atoms with Gasteiger partial charge < -0.3 is 14.8 Å². The van der Waals surface area contributed by atoms with Crippen LogP contribution in [0.15, 0.2) is 41.6 Å². The van der Waals surface area contributed by atoms with Crippen LogP contribution in [0.3, 0.4) is 0 Å². The minimum atomic E-state index is -4.87. The Hall–Kier alpha value is -2.01. The van der Waals surface area contributed by atoms with Gasteiger partial charge in [0.25, 0.3) is 5.60 Å². The summed E-state index contributed by atoms with van der Waals surface area (Å²) in [6.45, 7) is 6.81. The van der Waals surface area contributed by atoms with Crippen LogP contribution in [0.5, 0.6) is 0 Å². The Morgan fingerprint density at radius 3 is 2.15 bits per heavy atom. The highest BCUT2D eigenvalue weighted by molar-refractivity contribution is 6.76. The predicted molar refractivity (Wildman–Crippen MR) is 147 cm³/mol. The molecule has 1 unspecified atom stereocenters. The van der Waals surface area contributed by atoms with E-state index >= 15 is 4.39 Å². The normalized spacial score (nSPS) is 25.1. The third kappa shape index (κ3) is 5.89. The third-order valence-corrected chi connectivity index (χ3v) is 10.2. The molecule has 2 aromatic rings. The highest BCUT2D eigenvalue weighted by atomic mass is 35.5. The Labute approximate surface area is 239 Å². The van der Waals surface area contributed by atoms with Crippen molar-refractivity contribution >= 4 is 54.7 Å². The van der Waals surface area contributed by atoms with E-state index in [1.165, 1.54) is 29.2 Å². The maximum absolute atomic E-state index is 15.7. The summed E-state index contributed by atoms with van der Waals surface area (Å²) in [5.74, 6) is 0. The lowest BCUT2D eigenvalue weighted by atomic mass is 9.72. The topological polar surface area (TPSA) is 62.1 Å². The van der Waals surface area contributed by atoms with Crippen molar-refractivity contribution in [3.63, 3.8) is 0 Å². The van der Waals surface area contributed by atoms with Crippen LogP contribution in [0.1, 0.15) is 36.0 Å². The van der Waals surface area contributed by atoms with E-state index in [9.17, 15) is 23.1 Å². The molecular weight excluding hydrogens is 599 g/mol. The highest BCUT2D eigenvalue weighted by Gasteiger charge is 2.62. The Morgan fingerprint density at radius 1 is 1.10 bits per heavy atom. The van der Waals surface area contributed by atoms with Crippen molar-refractivity contribution in [2.45, 2.75) is 68.4 Å². The molecule has 1 aliphatic carbocycles. The zero-order chi connectivity index (χ0) is 29.0. The molecule has 0 spiro atoms. The number of hydrogen-bond acceptors (Lipinski definition) is 3. The molecule has 0 aromatic heterocycles. The van der Waals surface area contributed by atoms with Crippen molar-refractivity contribution < 1.29 is 32.3 Å². The van der Waals surface area contributed by atoms with Crippen molar-refractivity contribution in [1.82, 2.24) is 4.90 Å². The summed E-state index contributed by atoms with van der Waals surface area (Å²) in [7, 11) is -1.48. The number of benzene rings is 2.